The Morgan fingerprint density at radius 3 is 2.61 bits per heavy atom. The van der Waals surface area contributed by atoms with E-state index in [0.29, 0.717) is 21.7 Å². The molecule has 0 bridgehead atoms. The van der Waals surface area contributed by atoms with Gasteiger partial charge in [0.25, 0.3) is 0 Å². The summed E-state index contributed by atoms with van der Waals surface area (Å²) in [6.07, 6.45) is 0. The lowest BCUT2D eigenvalue weighted by atomic mass is 9.70. The number of hydrogen-bond donors (Lipinski definition) is 1. The number of nitrogens with zero attached hydrogens (tertiary/aromatic N) is 1. The molecule has 114 valence electrons. The van der Waals surface area contributed by atoms with Gasteiger partial charge in [0.1, 0.15) is 11.3 Å². The van der Waals surface area contributed by atoms with Crippen molar-refractivity contribution in [2.45, 2.75) is 5.41 Å². The van der Waals surface area contributed by atoms with E-state index in [1.165, 1.54) is 7.11 Å². The Hall–Kier alpha value is -2.64. The van der Waals surface area contributed by atoms with E-state index in [2.05, 4.69) is 6.07 Å². The molecule has 2 aromatic rings. The summed E-state index contributed by atoms with van der Waals surface area (Å²) in [5.41, 5.74) is 0.526. The summed E-state index contributed by atoms with van der Waals surface area (Å²) in [5.74, 6) is -1.62. The van der Waals surface area contributed by atoms with Crippen LogP contribution in [0, 0.1) is 22.7 Å². The van der Waals surface area contributed by atoms with Crippen LogP contribution >= 0.6 is 11.6 Å². The fourth-order valence-electron chi connectivity index (χ4n) is 3.23. The Labute approximate surface area is 138 Å². The molecular formula is C18H13ClN2O2. The predicted octanol–water partition coefficient (Wildman–Crippen LogP) is 3.32. The molecule has 0 fully saturated rings. The van der Waals surface area contributed by atoms with E-state index in [1.54, 1.807) is 42.5 Å². The lowest BCUT2D eigenvalue weighted by Crippen LogP contribution is -2.39. The summed E-state index contributed by atoms with van der Waals surface area (Å²) in [7, 11) is 1.26. The van der Waals surface area contributed by atoms with E-state index in [1.807, 2.05) is 6.07 Å². The van der Waals surface area contributed by atoms with Crippen molar-refractivity contribution >= 4 is 23.3 Å². The number of rotatable bonds is 2. The first kappa shape index (κ1) is 15.3. The molecule has 3 rings (SSSR count). The molecule has 2 aromatic carbocycles. The second kappa shape index (κ2) is 5.53. The number of methoxy groups -OCH3 is 1. The Morgan fingerprint density at radius 2 is 2.00 bits per heavy atom. The molecule has 2 atom stereocenters. The topological polar surface area (TPSA) is 73.9 Å². The highest BCUT2D eigenvalue weighted by Crippen LogP contribution is 2.48. The van der Waals surface area contributed by atoms with Crippen molar-refractivity contribution in [3.63, 3.8) is 0 Å². The molecule has 0 radical (unpaired) electrons. The van der Waals surface area contributed by atoms with Gasteiger partial charge in [-0.1, -0.05) is 48.0 Å². The maximum Gasteiger partial charge on any atom is 0.317 e. The molecule has 5 heteroatoms. The number of benzene rings is 2. The lowest BCUT2D eigenvalue weighted by molar-refractivity contribution is -0.143. The van der Waals surface area contributed by atoms with E-state index >= 15 is 0 Å². The van der Waals surface area contributed by atoms with Crippen LogP contribution in [0.25, 0.3) is 0 Å². The summed E-state index contributed by atoms with van der Waals surface area (Å²) in [4.78, 5) is 12.4. The summed E-state index contributed by atoms with van der Waals surface area (Å²) in [6, 6.07) is 16.3. The number of carbonyl (C=O) groups is 1. The number of ether oxygens (including phenoxy) is 1. The van der Waals surface area contributed by atoms with Gasteiger partial charge in [0.15, 0.2) is 0 Å². The van der Waals surface area contributed by atoms with E-state index < -0.39 is 17.3 Å². The number of nitrogens with one attached hydrogen (secondary N) is 1. The SMILES string of the molecule is COC(=O)C1C(=N)c2ccc(Cl)cc2C1(C#N)c1ccccc1. The monoisotopic (exact) mass is 324 g/mol. The number of nitriles is 1. The largest absolute Gasteiger partial charge is 0.468 e. The highest BCUT2D eigenvalue weighted by molar-refractivity contribution is 6.31. The molecule has 0 heterocycles. The Kier molecular flexibility index (Phi) is 3.67. The van der Waals surface area contributed by atoms with Gasteiger partial charge in [0.2, 0.25) is 0 Å². The smallest absolute Gasteiger partial charge is 0.317 e. The zero-order valence-corrected chi connectivity index (χ0v) is 13.1. The molecule has 0 spiro atoms. The second-order valence-electron chi connectivity index (χ2n) is 5.35. The van der Waals surface area contributed by atoms with Gasteiger partial charge < -0.3 is 10.1 Å². The zero-order chi connectivity index (χ0) is 16.6. The highest BCUT2D eigenvalue weighted by Gasteiger charge is 2.56. The third kappa shape index (κ3) is 2.05. The molecular weight excluding hydrogens is 312 g/mol. The average molecular weight is 325 g/mol. The van der Waals surface area contributed by atoms with Gasteiger partial charge in [-0.05, 0) is 23.3 Å². The van der Waals surface area contributed by atoms with E-state index in [4.69, 9.17) is 21.7 Å². The molecule has 1 aliphatic carbocycles. The van der Waals surface area contributed by atoms with Gasteiger partial charge in [-0.25, -0.2) is 0 Å². The fraction of sp³-hybridized carbons (Fsp3) is 0.167. The van der Waals surface area contributed by atoms with E-state index in [-0.39, 0.29) is 5.71 Å². The summed E-state index contributed by atoms with van der Waals surface area (Å²) < 4.78 is 4.88. The van der Waals surface area contributed by atoms with Crippen LogP contribution in [0.1, 0.15) is 16.7 Å². The standard InChI is InChI=1S/C18H13ClN2O2/c1-23-17(22)15-16(21)13-8-7-12(19)9-14(13)18(15,10-20)11-5-3-2-4-6-11/h2-9,15,21H,1H3. The molecule has 0 amide bonds. The van der Waals surface area contributed by atoms with Gasteiger partial charge in [0.05, 0.1) is 18.9 Å². The summed E-state index contributed by atoms with van der Waals surface area (Å²) in [6.45, 7) is 0. The normalized spacial score (nSPS) is 22.3. The number of fused-ring (bicyclic) bond motifs is 1. The van der Waals surface area contributed by atoms with Crippen molar-refractivity contribution in [2.75, 3.05) is 7.11 Å². The summed E-state index contributed by atoms with van der Waals surface area (Å²) in [5, 5.41) is 18.9. The van der Waals surface area contributed by atoms with Crippen LogP contribution in [-0.2, 0) is 14.9 Å². The molecule has 4 nitrogen and oxygen atoms in total. The molecule has 23 heavy (non-hydrogen) atoms. The van der Waals surface area contributed by atoms with Crippen LogP contribution in [0.5, 0.6) is 0 Å². The van der Waals surface area contributed by atoms with E-state index in [9.17, 15) is 10.1 Å². The number of esters is 1. The van der Waals surface area contributed by atoms with Crippen LogP contribution in [0.4, 0.5) is 0 Å². The third-order valence-corrected chi connectivity index (χ3v) is 4.50. The van der Waals surface area contributed by atoms with Crippen molar-refractivity contribution in [3.8, 4) is 6.07 Å². The molecule has 0 saturated heterocycles. The van der Waals surface area contributed by atoms with Crippen molar-refractivity contribution in [2.24, 2.45) is 5.92 Å². The summed E-state index contributed by atoms with van der Waals surface area (Å²) >= 11 is 6.11. The Bertz CT molecular complexity index is 842. The average Bonchev–Trinajstić information content (AvgIpc) is 2.83. The van der Waals surface area contributed by atoms with Gasteiger partial charge in [-0.15, -0.1) is 0 Å². The third-order valence-electron chi connectivity index (χ3n) is 4.26. The maximum atomic E-state index is 12.4. The minimum absolute atomic E-state index is 0.0777. The molecule has 0 aromatic heterocycles. The van der Waals surface area contributed by atoms with Gasteiger partial charge in [0, 0.05) is 10.6 Å². The number of carbonyl (C=O) groups excluding carboxylic acids is 1. The van der Waals surface area contributed by atoms with Crippen molar-refractivity contribution < 1.29 is 9.53 Å². The van der Waals surface area contributed by atoms with E-state index in [0.717, 1.165) is 0 Å². The Morgan fingerprint density at radius 1 is 1.30 bits per heavy atom. The first-order valence-corrected chi connectivity index (χ1v) is 7.37. The van der Waals surface area contributed by atoms with Crippen molar-refractivity contribution in [3.05, 3.63) is 70.2 Å². The minimum Gasteiger partial charge on any atom is -0.468 e. The van der Waals surface area contributed by atoms with Gasteiger partial charge in [-0.3, -0.25) is 4.79 Å². The van der Waals surface area contributed by atoms with Crippen LogP contribution < -0.4 is 0 Å². The molecule has 1 N–H and O–H groups in total. The van der Waals surface area contributed by atoms with Crippen LogP contribution in [0.3, 0.4) is 0 Å². The second-order valence-corrected chi connectivity index (χ2v) is 5.78. The zero-order valence-electron chi connectivity index (χ0n) is 12.3. The number of halogens is 1. The lowest BCUT2D eigenvalue weighted by Gasteiger charge is -2.28. The molecule has 1 aliphatic rings. The van der Waals surface area contributed by atoms with Crippen LogP contribution in [-0.4, -0.2) is 18.8 Å². The van der Waals surface area contributed by atoms with Gasteiger partial charge in [-0.2, -0.15) is 5.26 Å². The molecule has 0 aliphatic heterocycles. The van der Waals surface area contributed by atoms with Crippen LogP contribution in [0.2, 0.25) is 5.02 Å². The van der Waals surface area contributed by atoms with Crippen LogP contribution in [0.15, 0.2) is 48.5 Å². The minimum atomic E-state index is -1.31. The Balaban J connectivity index is 2.38. The van der Waals surface area contributed by atoms with Crippen molar-refractivity contribution in [1.82, 2.24) is 0 Å². The first-order valence-electron chi connectivity index (χ1n) is 6.99. The first-order chi connectivity index (χ1) is 11.1. The molecule has 2 unspecified atom stereocenters. The molecule has 0 saturated carbocycles. The maximum absolute atomic E-state index is 12.4. The fourth-order valence-corrected chi connectivity index (χ4v) is 3.40. The highest BCUT2D eigenvalue weighted by atomic mass is 35.5. The van der Waals surface area contributed by atoms with Crippen molar-refractivity contribution in [1.29, 1.82) is 10.7 Å². The predicted molar refractivity (Wildman–Crippen MR) is 86.6 cm³/mol. The number of hydrogen-bond acceptors (Lipinski definition) is 4. The van der Waals surface area contributed by atoms with Gasteiger partial charge >= 0.3 is 5.97 Å². The quantitative estimate of drug-likeness (QED) is 0.861.